The lowest BCUT2D eigenvalue weighted by Gasteiger charge is -2.42. The molecule has 0 spiro atoms. The normalized spacial score (nSPS) is 28.7. The van der Waals surface area contributed by atoms with Crippen LogP contribution in [0.25, 0.3) is 10.9 Å². The van der Waals surface area contributed by atoms with Crippen molar-refractivity contribution < 1.29 is 48.0 Å². The van der Waals surface area contributed by atoms with E-state index in [-0.39, 0.29) is 23.9 Å². The lowest BCUT2D eigenvalue weighted by atomic mass is 9.83. The summed E-state index contributed by atoms with van der Waals surface area (Å²) in [6.07, 6.45) is 2.37. The molecule has 0 saturated carbocycles. The molecule has 0 aliphatic carbocycles. The Morgan fingerprint density at radius 2 is 1.90 bits per heavy atom. The number of aromatic nitrogens is 1. The average molecular weight is 862 g/mol. The molecule has 4 heterocycles. The average Bonchev–Trinajstić information content (AvgIpc) is 3.92. The van der Waals surface area contributed by atoms with Crippen LogP contribution in [0.2, 0.25) is 5.02 Å². The van der Waals surface area contributed by atoms with Crippen LogP contribution in [0.3, 0.4) is 0 Å². The van der Waals surface area contributed by atoms with E-state index in [1.807, 2.05) is 26.8 Å². The molecule has 328 valence electrons. The number of benzene rings is 2. The molecule has 16 heteroatoms. The Bertz CT molecular complexity index is 2250. The first-order valence-electron chi connectivity index (χ1n) is 20.3. The van der Waals surface area contributed by atoms with E-state index < -0.39 is 71.6 Å². The van der Waals surface area contributed by atoms with Gasteiger partial charge in [0.2, 0.25) is 5.91 Å². The molecule has 3 aliphatic rings. The summed E-state index contributed by atoms with van der Waals surface area (Å²) < 4.78 is 29.5. The number of hydrogen-bond donors (Lipinski definition) is 3. The zero-order chi connectivity index (χ0) is 44.6. The highest BCUT2D eigenvalue weighted by Crippen LogP contribution is 2.49. The Kier molecular flexibility index (Phi) is 13.4. The summed E-state index contributed by atoms with van der Waals surface area (Å²) in [5.41, 5.74) is 0.704. The molecule has 4 bridgehead atoms. The number of likely N-dealkylation sites (N-methyl/N-ethyl adjacent to an activating group) is 1. The van der Waals surface area contributed by atoms with E-state index in [0.717, 1.165) is 16.8 Å². The molecule has 2 saturated heterocycles. The molecule has 1 aromatic heterocycles. The van der Waals surface area contributed by atoms with E-state index in [2.05, 4.69) is 15.6 Å². The number of epoxide rings is 1. The number of pyridine rings is 1. The number of alkyl carbamates (subject to hydrolysis) is 1. The molecule has 6 rings (SSSR count). The summed E-state index contributed by atoms with van der Waals surface area (Å²) in [5.74, 6) is -1.87. The van der Waals surface area contributed by atoms with Crippen molar-refractivity contribution in [2.45, 2.75) is 109 Å². The first kappa shape index (κ1) is 45.3. The number of carbonyl (C=O) groups excluding carboxylic acids is 4. The van der Waals surface area contributed by atoms with Gasteiger partial charge >= 0.3 is 12.1 Å². The van der Waals surface area contributed by atoms with Crippen LogP contribution in [0.4, 0.5) is 16.2 Å². The van der Waals surface area contributed by atoms with Gasteiger partial charge in [-0.2, -0.15) is 0 Å². The summed E-state index contributed by atoms with van der Waals surface area (Å²) in [6, 6.07) is 9.64. The number of allylic oxidation sites excluding steroid dienone is 3. The second kappa shape index (κ2) is 18.0. The largest absolute Gasteiger partial charge is 0.495 e. The first-order chi connectivity index (χ1) is 28.8. The maximum Gasteiger partial charge on any atom is 0.409 e. The fourth-order valence-corrected chi connectivity index (χ4v) is 8.47. The van der Waals surface area contributed by atoms with Gasteiger partial charge in [0.1, 0.15) is 40.7 Å². The number of fused-ring (bicyclic) bond motifs is 6. The molecule has 0 radical (unpaired) electrons. The van der Waals surface area contributed by atoms with Crippen molar-refractivity contribution in [3.8, 4) is 5.75 Å². The van der Waals surface area contributed by atoms with Crippen molar-refractivity contribution >= 4 is 57.8 Å². The number of aliphatic hydroxyl groups is 1. The van der Waals surface area contributed by atoms with Crippen LogP contribution >= 0.6 is 11.6 Å². The van der Waals surface area contributed by atoms with Gasteiger partial charge in [-0.25, -0.2) is 9.59 Å². The number of nitrogens with one attached hydrogen (secondary N) is 2. The number of carbonyl (C=O) groups is 4. The van der Waals surface area contributed by atoms with Crippen LogP contribution < -0.4 is 20.3 Å². The summed E-state index contributed by atoms with van der Waals surface area (Å²) in [7, 11) is 6.00. The topological polar surface area (TPSA) is 181 Å². The first-order valence-corrected chi connectivity index (χ1v) is 20.7. The number of nitrogens with zero attached hydrogens (tertiary/aromatic N) is 3. The van der Waals surface area contributed by atoms with Crippen LogP contribution in [0.1, 0.15) is 70.3 Å². The Labute approximate surface area is 361 Å². The number of methoxy groups -OCH3 is 2. The van der Waals surface area contributed by atoms with Crippen molar-refractivity contribution in [1.82, 2.24) is 15.2 Å². The molecule has 15 nitrogen and oxygen atoms in total. The van der Waals surface area contributed by atoms with Crippen molar-refractivity contribution in [1.29, 1.82) is 0 Å². The van der Waals surface area contributed by atoms with Gasteiger partial charge in [-0.05, 0) is 76.9 Å². The quantitative estimate of drug-likeness (QED) is 0.173. The van der Waals surface area contributed by atoms with Gasteiger partial charge < -0.3 is 43.9 Å². The number of esters is 1. The fourth-order valence-electron chi connectivity index (χ4n) is 8.15. The molecule has 3 amide bonds. The minimum Gasteiger partial charge on any atom is -0.495 e. The molecule has 2 aromatic carbocycles. The van der Waals surface area contributed by atoms with E-state index in [9.17, 15) is 24.3 Å². The summed E-state index contributed by atoms with van der Waals surface area (Å²) in [6.45, 7) is 11.0. The molecule has 3 N–H and O–H groups in total. The van der Waals surface area contributed by atoms with Crippen LogP contribution in [-0.4, -0.2) is 115 Å². The van der Waals surface area contributed by atoms with Gasteiger partial charge in [0, 0.05) is 56.7 Å². The number of halogens is 1. The fraction of sp³-hybridized carbons (Fsp3) is 0.489. The van der Waals surface area contributed by atoms with Crippen LogP contribution in [0, 0.1) is 5.92 Å². The van der Waals surface area contributed by atoms with E-state index in [4.69, 9.17) is 35.3 Å². The highest BCUT2D eigenvalue weighted by Gasteiger charge is 2.64. The Hall–Kier alpha value is -5.22. The van der Waals surface area contributed by atoms with Crippen molar-refractivity contribution in [3.05, 3.63) is 82.5 Å². The highest BCUT2D eigenvalue weighted by molar-refractivity contribution is 6.35. The number of hydrogen-bond acceptors (Lipinski definition) is 12. The van der Waals surface area contributed by atoms with Gasteiger partial charge in [-0.3, -0.25) is 19.9 Å². The van der Waals surface area contributed by atoms with Gasteiger partial charge in [0.05, 0.1) is 36.5 Å². The van der Waals surface area contributed by atoms with Crippen LogP contribution in [0.15, 0.2) is 66.4 Å². The predicted octanol–water partition coefficient (Wildman–Crippen LogP) is 6.20. The van der Waals surface area contributed by atoms with E-state index in [1.165, 1.54) is 31.1 Å². The second-order valence-corrected chi connectivity index (χ2v) is 17.1. The van der Waals surface area contributed by atoms with Crippen molar-refractivity contribution in [2.24, 2.45) is 5.92 Å². The summed E-state index contributed by atoms with van der Waals surface area (Å²) in [4.78, 5) is 62.9. The highest BCUT2D eigenvalue weighted by atomic mass is 35.5. The molecule has 0 unspecified atom stereocenters. The summed E-state index contributed by atoms with van der Waals surface area (Å²) in [5, 5.41) is 18.5. The zero-order valence-electron chi connectivity index (χ0n) is 36.3. The standard InChI is InChI=1S/C45H56ClN5O10/c1-24(2)48-31-17-16-30(29-14-12-18-47-39(29)31)41(53)50(7)27(5)42(54)60-36-22-37(52)51(8)32-20-28(21-33(57-9)38(32)46)19-25(3)13-11-15-35(58-10)45(56)23-34(59-43(55)49-45)26(4)40-44(36,6)61-40/h11-18,20-21,24,26-27,34-36,40,48,56H,19,22-23H2,1-10H3,(H,49,55)/b15-11+,25-13+/t26-,27+,34+,35-,36+,40+,44+,45+/m1/s1. The Morgan fingerprint density at radius 3 is 2.59 bits per heavy atom. The number of rotatable bonds is 8. The second-order valence-electron chi connectivity index (χ2n) is 16.7. The maximum absolute atomic E-state index is 14.4. The third kappa shape index (κ3) is 9.35. The zero-order valence-corrected chi connectivity index (χ0v) is 37.0. The van der Waals surface area contributed by atoms with Crippen molar-refractivity contribution in [2.75, 3.05) is 38.5 Å². The smallest absolute Gasteiger partial charge is 0.409 e. The third-order valence-electron chi connectivity index (χ3n) is 11.9. The molecular weight excluding hydrogens is 806 g/mol. The monoisotopic (exact) mass is 861 g/mol. The summed E-state index contributed by atoms with van der Waals surface area (Å²) >= 11 is 6.82. The van der Waals surface area contributed by atoms with E-state index in [1.54, 1.807) is 82.6 Å². The minimum absolute atomic E-state index is 0.0692. The van der Waals surface area contributed by atoms with Gasteiger partial charge in [0.25, 0.3) is 5.91 Å². The molecule has 3 aromatic rings. The number of amides is 3. The molecular formula is C45H56ClN5O10. The molecule has 3 aliphatic heterocycles. The van der Waals surface area contributed by atoms with Crippen LogP contribution in [0.5, 0.6) is 5.75 Å². The molecule has 8 atom stereocenters. The van der Waals surface area contributed by atoms with E-state index in [0.29, 0.717) is 34.3 Å². The molecule has 2 fully saturated rings. The van der Waals surface area contributed by atoms with Crippen molar-refractivity contribution in [3.63, 3.8) is 0 Å². The van der Waals surface area contributed by atoms with Gasteiger partial charge in [-0.1, -0.05) is 48.4 Å². The molecule has 61 heavy (non-hydrogen) atoms. The lowest BCUT2D eigenvalue weighted by molar-refractivity contribution is -0.158. The SMILES string of the molecule is COc1cc2cc(c1Cl)N(C)C(=O)C[C@H](OC(=O)[C@H](C)N(C)C(=O)c1ccc(NC(C)C)c3ncccc13)[C@]1(C)O[C@H]1[C@H](C)[C@@H]1C[C@@](O)(NC(=O)O1)[C@H](OC)/C=C/C=C(\C)C2. The van der Waals surface area contributed by atoms with Crippen LogP contribution in [-0.2, 0) is 35.0 Å². The maximum atomic E-state index is 14.4. The predicted molar refractivity (Wildman–Crippen MR) is 231 cm³/mol. The number of anilines is 2. The number of ether oxygens (including phenoxy) is 5. The minimum atomic E-state index is -1.85. The van der Waals surface area contributed by atoms with Gasteiger partial charge in [0.15, 0.2) is 5.72 Å². The Morgan fingerprint density at radius 1 is 1.16 bits per heavy atom. The van der Waals surface area contributed by atoms with E-state index >= 15 is 0 Å². The third-order valence-corrected chi connectivity index (χ3v) is 12.3. The lowest BCUT2D eigenvalue weighted by Crippen LogP contribution is -2.63. The Balaban J connectivity index is 1.34. The van der Waals surface area contributed by atoms with Gasteiger partial charge in [-0.15, -0.1) is 0 Å².